The molecule has 2 heterocycles. The van der Waals surface area contributed by atoms with Crippen LogP contribution in [-0.2, 0) is 0 Å². The van der Waals surface area contributed by atoms with E-state index in [1.54, 1.807) is 4.90 Å². The minimum atomic E-state index is -0.922. The van der Waals surface area contributed by atoms with E-state index >= 15 is 0 Å². The van der Waals surface area contributed by atoms with E-state index in [4.69, 9.17) is 0 Å². The van der Waals surface area contributed by atoms with Crippen LogP contribution in [0.15, 0.2) is 67.3 Å². The molecule has 2 aromatic rings. The fraction of sp³-hybridized carbons (Fsp3) is 0.385. The Kier molecular flexibility index (Phi) is 5.16. The molecule has 32 heavy (non-hydrogen) atoms. The lowest BCUT2D eigenvalue weighted by molar-refractivity contribution is 0.0957. The summed E-state index contributed by atoms with van der Waals surface area (Å²) in [7, 11) is 0. The molecule has 166 valence electrons. The van der Waals surface area contributed by atoms with E-state index in [0.29, 0.717) is 31.8 Å². The van der Waals surface area contributed by atoms with Crippen molar-refractivity contribution in [2.45, 2.75) is 37.8 Å². The molecule has 0 bridgehead atoms. The van der Waals surface area contributed by atoms with Crippen LogP contribution < -0.4 is 10.2 Å². The van der Waals surface area contributed by atoms with Gasteiger partial charge in [-0.2, -0.15) is 0 Å². The zero-order valence-electron chi connectivity index (χ0n) is 18.1. The molecule has 3 amide bonds. The van der Waals surface area contributed by atoms with Crippen molar-refractivity contribution in [3.8, 4) is 0 Å². The maximum absolute atomic E-state index is 13.7. The van der Waals surface area contributed by atoms with Gasteiger partial charge in [0, 0.05) is 18.5 Å². The van der Waals surface area contributed by atoms with E-state index in [9.17, 15) is 14.7 Å². The smallest absolute Gasteiger partial charge is 0.407 e. The van der Waals surface area contributed by atoms with E-state index < -0.39 is 11.5 Å². The molecule has 2 aromatic carbocycles. The fourth-order valence-electron chi connectivity index (χ4n) is 5.78. The molecular weight excluding hydrogens is 402 g/mol. The highest BCUT2D eigenvalue weighted by Crippen LogP contribution is 2.63. The van der Waals surface area contributed by atoms with Crippen molar-refractivity contribution in [3.63, 3.8) is 0 Å². The Labute approximate surface area is 188 Å². The third kappa shape index (κ3) is 3.25. The first-order valence-corrected chi connectivity index (χ1v) is 11.4. The average Bonchev–Trinajstić information content (AvgIpc) is 3.55. The van der Waals surface area contributed by atoms with Crippen LogP contribution in [0.5, 0.6) is 0 Å². The van der Waals surface area contributed by atoms with Gasteiger partial charge in [-0.05, 0) is 48.8 Å². The highest BCUT2D eigenvalue weighted by Gasteiger charge is 2.60. The number of allylic oxidation sites excluding steroid dienone is 1. The van der Waals surface area contributed by atoms with Crippen molar-refractivity contribution < 1.29 is 14.7 Å². The summed E-state index contributed by atoms with van der Waals surface area (Å²) in [6.45, 7) is 5.13. The van der Waals surface area contributed by atoms with Crippen molar-refractivity contribution >= 4 is 17.8 Å². The predicted octanol–water partition coefficient (Wildman–Crippen LogP) is 5.35. The topological polar surface area (TPSA) is 72.9 Å². The number of carboxylic acid groups (broad SMARTS) is 1. The Morgan fingerprint density at radius 2 is 1.81 bits per heavy atom. The largest absolute Gasteiger partial charge is 0.465 e. The van der Waals surface area contributed by atoms with Crippen LogP contribution in [0.25, 0.3) is 0 Å². The number of para-hydroxylation sites is 1. The molecule has 6 nitrogen and oxygen atoms in total. The second-order valence-electron chi connectivity index (χ2n) is 9.23. The number of likely N-dealkylation sites (tertiary alicyclic amines) is 1. The number of carbonyl (C=O) groups excluding carboxylic acids is 1. The lowest BCUT2D eigenvalue weighted by atomic mass is 9.64. The monoisotopic (exact) mass is 431 g/mol. The van der Waals surface area contributed by atoms with E-state index in [-0.39, 0.29) is 18.1 Å². The molecule has 0 radical (unpaired) electrons. The van der Waals surface area contributed by atoms with Gasteiger partial charge < -0.3 is 15.3 Å². The quantitative estimate of drug-likeness (QED) is 0.627. The highest BCUT2D eigenvalue weighted by molar-refractivity contribution is 5.95. The molecule has 5 rings (SSSR count). The summed E-state index contributed by atoms with van der Waals surface area (Å²) >= 11 is 0. The van der Waals surface area contributed by atoms with Gasteiger partial charge in [-0.3, -0.25) is 4.90 Å². The van der Waals surface area contributed by atoms with E-state index in [1.165, 1.54) is 0 Å². The van der Waals surface area contributed by atoms with Crippen LogP contribution >= 0.6 is 0 Å². The number of rotatable bonds is 5. The zero-order valence-corrected chi connectivity index (χ0v) is 18.1. The van der Waals surface area contributed by atoms with Gasteiger partial charge in [0.15, 0.2) is 0 Å². The molecule has 2 aliphatic heterocycles. The molecule has 3 unspecified atom stereocenters. The molecule has 2 N–H and O–H groups in total. The number of benzene rings is 2. The average molecular weight is 432 g/mol. The first kappa shape index (κ1) is 20.6. The third-order valence-corrected chi connectivity index (χ3v) is 7.31. The van der Waals surface area contributed by atoms with Crippen LogP contribution in [0.2, 0.25) is 0 Å². The van der Waals surface area contributed by atoms with Gasteiger partial charge in [-0.15, -0.1) is 6.58 Å². The van der Waals surface area contributed by atoms with Crippen molar-refractivity contribution in [2.75, 3.05) is 18.0 Å². The van der Waals surface area contributed by atoms with Crippen molar-refractivity contribution in [3.05, 3.63) is 78.4 Å². The number of amides is 3. The second kappa shape index (κ2) is 8.01. The van der Waals surface area contributed by atoms with Gasteiger partial charge in [-0.25, -0.2) is 9.59 Å². The second-order valence-corrected chi connectivity index (χ2v) is 9.23. The number of carbonyl (C=O) groups is 2. The minimum absolute atomic E-state index is 0.117. The van der Waals surface area contributed by atoms with Crippen LogP contribution in [-0.4, -0.2) is 35.2 Å². The summed E-state index contributed by atoms with van der Waals surface area (Å²) in [5.74, 6) is 0.568. The summed E-state index contributed by atoms with van der Waals surface area (Å²) in [5, 5.41) is 13.2. The molecule has 1 aliphatic carbocycles. The summed E-state index contributed by atoms with van der Waals surface area (Å²) in [4.78, 5) is 29.4. The molecule has 3 atom stereocenters. The van der Waals surface area contributed by atoms with Crippen LogP contribution in [0.4, 0.5) is 15.3 Å². The van der Waals surface area contributed by atoms with E-state index in [0.717, 1.165) is 29.7 Å². The molecule has 0 spiro atoms. The molecule has 0 aromatic heterocycles. The Morgan fingerprint density at radius 3 is 2.50 bits per heavy atom. The standard InChI is InChI=1S/C26H29N3O3/c1-2-14-26-15-16-28(25(31)32)23(26)20-10-6-7-11-21(20)29(24(30)27-17-18-12-13-18)22(26)19-8-4-3-5-9-19/h2-11,18,22-23H,1,12-17H2,(H,27,30)(H,31,32). The highest BCUT2D eigenvalue weighted by atomic mass is 16.4. The molecule has 3 aliphatic rings. The normalized spacial score (nSPS) is 26.2. The molecule has 6 heteroatoms. The lowest BCUT2D eigenvalue weighted by Crippen LogP contribution is -2.54. The number of anilines is 1. The maximum atomic E-state index is 13.7. The van der Waals surface area contributed by atoms with Crippen molar-refractivity contribution in [1.82, 2.24) is 10.2 Å². The summed E-state index contributed by atoms with van der Waals surface area (Å²) < 4.78 is 0. The van der Waals surface area contributed by atoms with Crippen LogP contribution in [0.1, 0.15) is 48.9 Å². The van der Waals surface area contributed by atoms with Gasteiger partial charge in [-0.1, -0.05) is 54.6 Å². The Bertz CT molecular complexity index is 1040. The SMILES string of the molecule is C=CCC12CCN(C(=O)O)C1c1ccccc1N(C(=O)NCC1CC1)C2c1ccccc1. The van der Waals surface area contributed by atoms with E-state index in [2.05, 4.69) is 11.9 Å². The van der Waals surface area contributed by atoms with E-state index in [1.807, 2.05) is 65.6 Å². The summed E-state index contributed by atoms with van der Waals surface area (Å²) in [6, 6.07) is 17.0. The molecule has 1 saturated carbocycles. The summed E-state index contributed by atoms with van der Waals surface area (Å²) in [5.41, 5.74) is 2.20. The number of hydrogen-bond acceptors (Lipinski definition) is 2. The molecular formula is C26H29N3O3. The first-order chi connectivity index (χ1) is 15.6. The number of nitrogens with one attached hydrogen (secondary N) is 1. The third-order valence-electron chi connectivity index (χ3n) is 7.31. The summed E-state index contributed by atoms with van der Waals surface area (Å²) in [6.07, 6.45) is 4.55. The Hall–Kier alpha value is -3.28. The number of nitrogens with zero attached hydrogens (tertiary/aromatic N) is 2. The van der Waals surface area contributed by atoms with Gasteiger partial charge in [0.1, 0.15) is 0 Å². The minimum Gasteiger partial charge on any atom is -0.465 e. The van der Waals surface area contributed by atoms with Gasteiger partial charge in [0.25, 0.3) is 0 Å². The van der Waals surface area contributed by atoms with Crippen molar-refractivity contribution in [1.29, 1.82) is 0 Å². The Balaban J connectivity index is 1.71. The van der Waals surface area contributed by atoms with Crippen LogP contribution in [0, 0.1) is 11.3 Å². The van der Waals surface area contributed by atoms with Crippen LogP contribution in [0.3, 0.4) is 0 Å². The number of fused-ring (bicyclic) bond motifs is 3. The fourth-order valence-corrected chi connectivity index (χ4v) is 5.78. The lowest BCUT2D eigenvalue weighted by Gasteiger charge is -2.52. The first-order valence-electron chi connectivity index (χ1n) is 11.4. The molecule has 1 saturated heterocycles. The predicted molar refractivity (Wildman–Crippen MR) is 124 cm³/mol. The van der Waals surface area contributed by atoms with Gasteiger partial charge >= 0.3 is 12.1 Å². The number of urea groups is 1. The van der Waals surface area contributed by atoms with Crippen molar-refractivity contribution in [2.24, 2.45) is 11.3 Å². The Morgan fingerprint density at radius 1 is 1.09 bits per heavy atom. The molecule has 2 fully saturated rings. The zero-order chi connectivity index (χ0) is 22.3. The van der Waals surface area contributed by atoms with Gasteiger partial charge in [0.05, 0.1) is 17.8 Å². The van der Waals surface area contributed by atoms with Gasteiger partial charge in [0.2, 0.25) is 0 Å². The maximum Gasteiger partial charge on any atom is 0.407 e. The number of hydrogen-bond donors (Lipinski definition) is 2.